The van der Waals surface area contributed by atoms with Gasteiger partial charge in [-0.25, -0.2) is 0 Å². The van der Waals surface area contributed by atoms with Crippen LogP contribution < -0.4 is 5.32 Å². The number of hydrogen-bond donors (Lipinski definition) is 1. The molecule has 0 amide bonds. The van der Waals surface area contributed by atoms with Crippen LogP contribution in [0.1, 0.15) is 24.9 Å². The van der Waals surface area contributed by atoms with Crippen molar-refractivity contribution >= 4 is 15.9 Å². The minimum Gasteiger partial charge on any atom is -0.372 e. The maximum absolute atomic E-state index is 11.8. The average molecular weight is 340 g/mol. The van der Waals surface area contributed by atoms with Crippen LogP contribution in [-0.2, 0) is 4.74 Å². The summed E-state index contributed by atoms with van der Waals surface area (Å²) in [6, 6.07) is 8.08. The molecule has 19 heavy (non-hydrogen) atoms. The Morgan fingerprint density at radius 2 is 1.89 bits per heavy atom. The second kappa shape index (κ2) is 7.87. The van der Waals surface area contributed by atoms with Gasteiger partial charge in [0.2, 0.25) is 0 Å². The van der Waals surface area contributed by atoms with Gasteiger partial charge in [0.25, 0.3) is 0 Å². The van der Waals surface area contributed by atoms with Gasteiger partial charge in [-0.3, -0.25) is 0 Å². The maximum atomic E-state index is 11.8. The Morgan fingerprint density at radius 3 is 2.47 bits per heavy atom. The largest absolute Gasteiger partial charge is 0.411 e. The molecule has 0 bridgehead atoms. The lowest BCUT2D eigenvalue weighted by molar-refractivity contribution is -0.173. The molecule has 108 valence electrons. The van der Waals surface area contributed by atoms with Gasteiger partial charge in [0, 0.05) is 17.1 Å². The van der Waals surface area contributed by atoms with Crippen LogP contribution in [0.4, 0.5) is 13.2 Å². The monoisotopic (exact) mass is 339 g/mol. The van der Waals surface area contributed by atoms with Crippen LogP contribution in [0.15, 0.2) is 28.7 Å². The van der Waals surface area contributed by atoms with Gasteiger partial charge < -0.3 is 10.1 Å². The summed E-state index contributed by atoms with van der Waals surface area (Å²) in [5, 5.41) is 3.24. The Kier molecular flexibility index (Phi) is 6.82. The van der Waals surface area contributed by atoms with Crippen molar-refractivity contribution < 1.29 is 17.9 Å². The predicted molar refractivity (Wildman–Crippen MR) is 72.1 cm³/mol. The van der Waals surface area contributed by atoms with Gasteiger partial charge in [-0.2, -0.15) is 13.2 Å². The summed E-state index contributed by atoms with van der Waals surface area (Å²) in [6.07, 6.45) is -3.69. The van der Waals surface area contributed by atoms with Crippen LogP contribution >= 0.6 is 15.9 Å². The Balaban J connectivity index is 2.14. The first-order valence-electron chi connectivity index (χ1n) is 6.02. The molecule has 0 radical (unpaired) electrons. The number of alkyl halides is 3. The fourth-order valence-electron chi connectivity index (χ4n) is 1.55. The number of rotatable bonds is 7. The van der Waals surface area contributed by atoms with Gasteiger partial charge in [-0.1, -0.05) is 28.1 Å². The lowest BCUT2D eigenvalue weighted by Gasteiger charge is -2.14. The highest BCUT2D eigenvalue weighted by Gasteiger charge is 2.27. The molecule has 0 aliphatic carbocycles. The van der Waals surface area contributed by atoms with E-state index in [0.717, 1.165) is 10.0 Å². The van der Waals surface area contributed by atoms with Crippen molar-refractivity contribution in [2.45, 2.75) is 25.6 Å². The van der Waals surface area contributed by atoms with Gasteiger partial charge in [-0.15, -0.1) is 0 Å². The third-order valence-corrected chi connectivity index (χ3v) is 3.08. The third kappa shape index (κ3) is 7.54. The maximum Gasteiger partial charge on any atom is 0.411 e. The van der Waals surface area contributed by atoms with Crippen LogP contribution in [0.3, 0.4) is 0 Å². The SMILES string of the molecule is C[C@H](NCCCOCC(F)(F)F)c1ccc(Br)cc1. The molecule has 0 fully saturated rings. The van der Waals surface area contributed by atoms with E-state index in [4.69, 9.17) is 0 Å². The van der Waals surface area contributed by atoms with E-state index in [1.54, 1.807) is 0 Å². The third-order valence-electron chi connectivity index (χ3n) is 2.55. The number of benzene rings is 1. The molecule has 0 aromatic heterocycles. The van der Waals surface area contributed by atoms with Crippen LogP contribution in [0.2, 0.25) is 0 Å². The lowest BCUT2D eigenvalue weighted by Crippen LogP contribution is -2.22. The van der Waals surface area contributed by atoms with E-state index >= 15 is 0 Å². The second-order valence-corrected chi connectivity index (χ2v) is 5.16. The van der Waals surface area contributed by atoms with Gasteiger partial charge in [0.05, 0.1) is 0 Å². The minimum absolute atomic E-state index is 0.111. The van der Waals surface area contributed by atoms with Crippen molar-refractivity contribution in [1.29, 1.82) is 0 Å². The molecule has 6 heteroatoms. The summed E-state index contributed by atoms with van der Waals surface area (Å²) in [5.41, 5.74) is 1.14. The zero-order valence-electron chi connectivity index (χ0n) is 10.6. The summed E-state index contributed by atoms with van der Waals surface area (Å²) in [6.45, 7) is 1.57. The molecule has 1 N–H and O–H groups in total. The van der Waals surface area contributed by atoms with Crippen molar-refractivity contribution in [1.82, 2.24) is 5.32 Å². The van der Waals surface area contributed by atoms with Crippen molar-refractivity contribution in [2.75, 3.05) is 19.8 Å². The molecule has 2 nitrogen and oxygen atoms in total. The highest BCUT2D eigenvalue weighted by atomic mass is 79.9. The molecule has 0 saturated heterocycles. The fraction of sp³-hybridized carbons (Fsp3) is 0.538. The Hall–Kier alpha value is -0.590. The van der Waals surface area contributed by atoms with Gasteiger partial charge in [-0.05, 0) is 37.6 Å². The Morgan fingerprint density at radius 1 is 1.26 bits per heavy atom. The fourth-order valence-corrected chi connectivity index (χ4v) is 1.81. The summed E-state index contributed by atoms with van der Waals surface area (Å²) < 4.78 is 41.0. The van der Waals surface area contributed by atoms with Crippen molar-refractivity contribution in [3.8, 4) is 0 Å². The topological polar surface area (TPSA) is 21.3 Å². The highest BCUT2D eigenvalue weighted by molar-refractivity contribution is 9.10. The van der Waals surface area contributed by atoms with Gasteiger partial charge in [0.1, 0.15) is 6.61 Å². The van der Waals surface area contributed by atoms with Gasteiger partial charge in [0.15, 0.2) is 0 Å². The molecule has 1 aromatic rings. The van der Waals surface area contributed by atoms with E-state index < -0.39 is 12.8 Å². The van der Waals surface area contributed by atoms with E-state index in [9.17, 15) is 13.2 Å². The molecule has 0 aliphatic heterocycles. The van der Waals surface area contributed by atoms with E-state index in [-0.39, 0.29) is 12.6 Å². The smallest absolute Gasteiger partial charge is 0.372 e. The molecule has 0 aliphatic rings. The summed E-state index contributed by atoms with van der Waals surface area (Å²) in [7, 11) is 0. The molecule has 0 saturated carbocycles. The number of hydrogen-bond acceptors (Lipinski definition) is 2. The van der Waals surface area contributed by atoms with Crippen molar-refractivity contribution in [3.63, 3.8) is 0 Å². The molecule has 1 aromatic carbocycles. The molecule has 1 rings (SSSR count). The highest BCUT2D eigenvalue weighted by Crippen LogP contribution is 2.16. The van der Waals surface area contributed by atoms with E-state index in [2.05, 4.69) is 26.0 Å². The number of halogens is 4. The first-order chi connectivity index (χ1) is 8.88. The summed E-state index contributed by atoms with van der Waals surface area (Å²) >= 11 is 3.36. The van der Waals surface area contributed by atoms with Crippen LogP contribution in [-0.4, -0.2) is 25.9 Å². The standard InChI is InChI=1S/C13H17BrF3NO/c1-10(11-3-5-12(14)6-4-11)18-7-2-8-19-9-13(15,16)17/h3-6,10,18H,2,7-9H2,1H3/t10-/m0/s1. The minimum atomic E-state index is -4.24. The zero-order valence-corrected chi connectivity index (χ0v) is 12.2. The number of ether oxygens (including phenoxy) is 1. The van der Waals surface area contributed by atoms with Crippen molar-refractivity contribution in [3.05, 3.63) is 34.3 Å². The second-order valence-electron chi connectivity index (χ2n) is 4.25. The normalized spacial score (nSPS) is 13.5. The first kappa shape index (κ1) is 16.5. The molecule has 1 atom stereocenters. The number of nitrogens with one attached hydrogen (secondary N) is 1. The Bertz CT molecular complexity index is 367. The molecule has 0 unspecified atom stereocenters. The van der Waals surface area contributed by atoms with E-state index in [1.165, 1.54) is 0 Å². The summed E-state index contributed by atoms with van der Waals surface area (Å²) in [5.74, 6) is 0. The molecular formula is C13H17BrF3NO. The average Bonchev–Trinajstić information content (AvgIpc) is 2.33. The molecule has 0 heterocycles. The van der Waals surface area contributed by atoms with E-state index in [0.29, 0.717) is 13.0 Å². The zero-order chi connectivity index (χ0) is 14.3. The van der Waals surface area contributed by atoms with Crippen molar-refractivity contribution in [2.24, 2.45) is 0 Å². The lowest BCUT2D eigenvalue weighted by atomic mass is 10.1. The van der Waals surface area contributed by atoms with Gasteiger partial charge >= 0.3 is 6.18 Å². The van der Waals surface area contributed by atoms with Crippen LogP contribution in [0, 0.1) is 0 Å². The molecule has 0 spiro atoms. The van der Waals surface area contributed by atoms with Crippen LogP contribution in [0.25, 0.3) is 0 Å². The first-order valence-corrected chi connectivity index (χ1v) is 6.81. The Labute approximate surface area is 119 Å². The van der Waals surface area contributed by atoms with E-state index in [1.807, 2.05) is 31.2 Å². The quantitative estimate of drug-likeness (QED) is 0.756. The van der Waals surface area contributed by atoms with Crippen LogP contribution in [0.5, 0.6) is 0 Å². The molecular weight excluding hydrogens is 323 g/mol. The predicted octanol–water partition coefficient (Wildman–Crippen LogP) is 4.07. The summed E-state index contributed by atoms with van der Waals surface area (Å²) in [4.78, 5) is 0.